The van der Waals surface area contributed by atoms with E-state index in [1.54, 1.807) is 11.3 Å². The summed E-state index contributed by atoms with van der Waals surface area (Å²) in [6, 6.07) is 7.60. The molecule has 0 N–H and O–H groups in total. The van der Waals surface area contributed by atoms with Crippen molar-refractivity contribution in [1.29, 1.82) is 0 Å². The normalized spacial score (nSPS) is 14.3. The van der Waals surface area contributed by atoms with E-state index < -0.39 is 0 Å². The van der Waals surface area contributed by atoms with Crippen molar-refractivity contribution in [2.24, 2.45) is 0 Å². The first-order valence-corrected chi connectivity index (χ1v) is 12.9. The molecule has 8 nitrogen and oxygen atoms in total. The standard InChI is InChI=1S/C26H33N5O3S/c1-5-24-27-21(17-35-24)16-29-12-14-30(15-13-29)26(33)20-6-8-22(9-7-20)31-19(3)23(18(2)28-31)10-11-25(32)34-4/h6-9,17H,5,10-16H2,1-4H3. The van der Waals surface area contributed by atoms with Crippen molar-refractivity contribution in [3.05, 3.63) is 62.9 Å². The van der Waals surface area contributed by atoms with E-state index in [2.05, 4.69) is 27.3 Å². The summed E-state index contributed by atoms with van der Waals surface area (Å²) in [5, 5.41) is 7.98. The Balaban J connectivity index is 1.36. The molecule has 0 radical (unpaired) electrons. The monoisotopic (exact) mass is 495 g/mol. The molecule has 3 aromatic rings. The number of thiazole rings is 1. The quantitative estimate of drug-likeness (QED) is 0.445. The largest absolute Gasteiger partial charge is 0.469 e. The number of carbonyl (C=O) groups is 2. The van der Waals surface area contributed by atoms with Crippen molar-refractivity contribution < 1.29 is 14.3 Å². The van der Waals surface area contributed by atoms with Crippen LogP contribution in [-0.4, -0.2) is 69.7 Å². The average molecular weight is 496 g/mol. The zero-order chi connectivity index (χ0) is 24.9. The van der Waals surface area contributed by atoms with E-state index >= 15 is 0 Å². The lowest BCUT2D eigenvalue weighted by molar-refractivity contribution is -0.140. The second-order valence-corrected chi connectivity index (χ2v) is 9.78. The number of benzene rings is 1. The summed E-state index contributed by atoms with van der Waals surface area (Å²) >= 11 is 1.72. The second-order valence-electron chi connectivity index (χ2n) is 8.84. The molecule has 4 rings (SSSR count). The van der Waals surface area contributed by atoms with Gasteiger partial charge in [0.1, 0.15) is 0 Å². The van der Waals surface area contributed by atoms with Crippen molar-refractivity contribution in [3.8, 4) is 5.69 Å². The number of hydrogen-bond acceptors (Lipinski definition) is 7. The maximum Gasteiger partial charge on any atom is 0.305 e. The molecule has 0 bridgehead atoms. The fourth-order valence-corrected chi connectivity index (χ4v) is 5.20. The number of rotatable bonds is 8. The molecule has 1 amide bonds. The number of methoxy groups -OCH3 is 1. The number of hydrogen-bond donors (Lipinski definition) is 0. The van der Waals surface area contributed by atoms with E-state index in [0.717, 1.165) is 54.4 Å². The fourth-order valence-electron chi connectivity index (χ4n) is 4.47. The Bertz CT molecular complexity index is 1180. The molecule has 1 aliphatic heterocycles. The average Bonchev–Trinajstić information content (AvgIpc) is 3.45. The lowest BCUT2D eigenvalue weighted by atomic mass is 10.1. The van der Waals surface area contributed by atoms with Crippen LogP contribution < -0.4 is 0 Å². The Morgan fingerprint density at radius 2 is 1.80 bits per heavy atom. The first-order valence-electron chi connectivity index (χ1n) is 12.1. The summed E-state index contributed by atoms with van der Waals surface area (Å²) in [6.45, 7) is 10.1. The molecule has 186 valence electrons. The van der Waals surface area contributed by atoms with Gasteiger partial charge in [0.2, 0.25) is 0 Å². The zero-order valence-corrected chi connectivity index (χ0v) is 21.7. The minimum atomic E-state index is -0.228. The van der Waals surface area contributed by atoms with Crippen LogP contribution in [-0.2, 0) is 28.9 Å². The van der Waals surface area contributed by atoms with E-state index in [4.69, 9.17) is 4.74 Å². The summed E-state index contributed by atoms with van der Waals surface area (Å²) in [7, 11) is 1.40. The van der Waals surface area contributed by atoms with Gasteiger partial charge in [0.05, 0.1) is 29.2 Å². The maximum atomic E-state index is 13.1. The van der Waals surface area contributed by atoms with Crippen LogP contribution in [0.5, 0.6) is 0 Å². The van der Waals surface area contributed by atoms with Gasteiger partial charge < -0.3 is 9.64 Å². The molecule has 9 heteroatoms. The molecule has 0 spiro atoms. The van der Waals surface area contributed by atoms with Gasteiger partial charge >= 0.3 is 5.97 Å². The number of piperazine rings is 1. The van der Waals surface area contributed by atoms with Gasteiger partial charge in [-0.25, -0.2) is 9.67 Å². The molecule has 35 heavy (non-hydrogen) atoms. The molecule has 0 aliphatic carbocycles. The fraction of sp³-hybridized carbons (Fsp3) is 0.462. The molecule has 1 aliphatic rings. The second kappa shape index (κ2) is 11.1. The molecule has 0 atom stereocenters. The van der Waals surface area contributed by atoms with Crippen molar-refractivity contribution in [2.45, 2.75) is 46.6 Å². The number of amides is 1. The number of nitrogens with zero attached hydrogens (tertiary/aromatic N) is 5. The number of carbonyl (C=O) groups excluding carboxylic acids is 2. The summed E-state index contributed by atoms with van der Waals surface area (Å²) in [5.74, 6) is -0.167. The van der Waals surface area contributed by atoms with Crippen LogP contribution in [0.2, 0.25) is 0 Å². The van der Waals surface area contributed by atoms with Crippen LogP contribution in [0.25, 0.3) is 5.69 Å². The summed E-state index contributed by atoms with van der Waals surface area (Å²) in [6.07, 6.45) is 1.89. The first kappa shape index (κ1) is 25.1. The highest BCUT2D eigenvalue weighted by atomic mass is 32.1. The predicted octanol–water partition coefficient (Wildman–Crippen LogP) is 3.57. The first-order chi connectivity index (χ1) is 16.9. The summed E-state index contributed by atoms with van der Waals surface area (Å²) < 4.78 is 6.63. The third-order valence-electron chi connectivity index (χ3n) is 6.55. The van der Waals surface area contributed by atoms with E-state index in [0.29, 0.717) is 31.5 Å². The maximum absolute atomic E-state index is 13.1. The van der Waals surface area contributed by atoms with Gasteiger partial charge in [-0.3, -0.25) is 14.5 Å². The smallest absolute Gasteiger partial charge is 0.305 e. The Morgan fingerprint density at radius 3 is 2.43 bits per heavy atom. The number of esters is 1. The van der Waals surface area contributed by atoms with Crippen molar-refractivity contribution in [1.82, 2.24) is 24.6 Å². The van der Waals surface area contributed by atoms with Gasteiger partial charge in [-0.05, 0) is 56.5 Å². The molecule has 2 aromatic heterocycles. The lowest BCUT2D eigenvalue weighted by Crippen LogP contribution is -2.48. The van der Waals surface area contributed by atoms with Gasteiger partial charge in [-0.15, -0.1) is 11.3 Å². The molecule has 1 saturated heterocycles. The number of aromatic nitrogens is 3. The Morgan fingerprint density at radius 1 is 1.09 bits per heavy atom. The highest BCUT2D eigenvalue weighted by Crippen LogP contribution is 2.21. The van der Waals surface area contributed by atoms with Crippen LogP contribution in [0.3, 0.4) is 0 Å². The number of ether oxygens (including phenoxy) is 1. The van der Waals surface area contributed by atoms with Crippen molar-refractivity contribution in [3.63, 3.8) is 0 Å². The van der Waals surface area contributed by atoms with Gasteiger partial charge in [-0.2, -0.15) is 5.10 Å². The minimum absolute atomic E-state index is 0.0604. The van der Waals surface area contributed by atoms with E-state index in [1.807, 2.05) is 47.7 Å². The summed E-state index contributed by atoms with van der Waals surface area (Å²) in [5.41, 5.74) is 5.64. The molecule has 0 unspecified atom stereocenters. The van der Waals surface area contributed by atoms with Crippen LogP contribution in [0.15, 0.2) is 29.6 Å². The van der Waals surface area contributed by atoms with E-state index in [9.17, 15) is 9.59 Å². The SMILES string of the molecule is CCc1nc(CN2CCN(C(=O)c3ccc(-n4nc(C)c(CCC(=O)OC)c4C)cc3)CC2)cs1. The van der Waals surface area contributed by atoms with Gasteiger partial charge in [0, 0.05) is 55.8 Å². The van der Waals surface area contributed by atoms with E-state index in [1.165, 1.54) is 12.1 Å². The third kappa shape index (κ3) is 5.79. The van der Waals surface area contributed by atoms with Crippen LogP contribution >= 0.6 is 11.3 Å². The Kier molecular flexibility index (Phi) is 7.97. The summed E-state index contributed by atoms with van der Waals surface area (Å²) in [4.78, 5) is 33.6. The molecule has 1 fully saturated rings. The predicted molar refractivity (Wildman–Crippen MR) is 136 cm³/mol. The van der Waals surface area contributed by atoms with Gasteiger partial charge in [-0.1, -0.05) is 6.92 Å². The number of aryl methyl sites for hydroxylation is 2. The Hall–Kier alpha value is -3.04. The third-order valence-corrected chi connectivity index (χ3v) is 7.60. The topological polar surface area (TPSA) is 80.6 Å². The van der Waals surface area contributed by atoms with Crippen LogP contribution in [0.4, 0.5) is 0 Å². The molecule has 3 heterocycles. The molecular formula is C26H33N5O3S. The molecule has 1 aromatic carbocycles. The van der Waals surface area contributed by atoms with Crippen molar-refractivity contribution in [2.75, 3.05) is 33.3 Å². The van der Waals surface area contributed by atoms with E-state index in [-0.39, 0.29) is 11.9 Å². The van der Waals surface area contributed by atoms with Crippen LogP contribution in [0, 0.1) is 13.8 Å². The van der Waals surface area contributed by atoms with Crippen LogP contribution in [0.1, 0.15) is 51.4 Å². The highest BCUT2D eigenvalue weighted by molar-refractivity contribution is 7.09. The molecule has 0 saturated carbocycles. The lowest BCUT2D eigenvalue weighted by Gasteiger charge is -2.34. The Labute approximate surface area is 210 Å². The van der Waals surface area contributed by atoms with Gasteiger partial charge in [0.15, 0.2) is 0 Å². The zero-order valence-electron chi connectivity index (χ0n) is 20.9. The van der Waals surface area contributed by atoms with Gasteiger partial charge in [0.25, 0.3) is 5.91 Å². The van der Waals surface area contributed by atoms with Crippen molar-refractivity contribution >= 4 is 23.2 Å². The minimum Gasteiger partial charge on any atom is -0.469 e. The highest BCUT2D eigenvalue weighted by Gasteiger charge is 2.23. The molecular weight excluding hydrogens is 462 g/mol.